The van der Waals surface area contributed by atoms with Gasteiger partial charge in [-0.25, -0.2) is 0 Å². The summed E-state index contributed by atoms with van der Waals surface area (Å²) in [7, 11) is -4.02. The van der Waals surface area contributed by atoms with Crippen molar-refractivity contribution in [1.82, 2.24) is 5.32 Å². The van der Waals surface area contributed by atoms with Crippen molar-refractivity contribution in [2.45, 2.75) is 43.7 Å². The number of benzene rings is 3. The minimum Gasteiger partial charge on any atom is -0.507 e. The van der Waals surface area contributed by atoms with Crippen molar-refractivity contribution in [1.29, 1.82) is 0 Å². The molecule has 0 spiro atoms. The van der Waals surface area contributed by atoms with E-state index in [0.717, 1.165) is 18.4 Å². The Balaban J connectivity index is 0.000000328. The number of carbonyl (C=O) groups excluding carboxylic acids is 1. The highest BCUT2D eigenvalue weighted by atomic mass is 32.2. The van der Waals surface area contributed by atoms with Crippen molar-refractivity contribution < 1.29 is 28.0 Å². The summed E-state index contributed by atoms with van der Waals surface area (Å²) < 4.78 is 29.6. The van der Waals surface area contributed by atoms with E-state index in [1.165, 1.54) is 29.8 Å². The smallest absolute Gasteiger partial charge is 0.294 e. The third kappa shape index (κ3) is 9.50. The molecule has 0 heterocycles. The molecule has 2 atom stereocenters. The van der Waals surface area contributed by atoms with E-state index in [4.69, 9.17) is 10.3 Å². The SMILES string of the molecule is CC(CCc1ccccc1)NCC(O)c1ccc(O)c(C(N)=O)c1.Cc1ccc(S(=O)(=O)O)cc1. The lowest BCUT2D eigenvalue weighted by molar-refractivity contribution is 0.0997. The van der Waals surface area contributed by atoms with Crippen molar-refractivity contribution >= 4 is 16.0 Å². The summed E-state index contributed by atoms with van der Waals surface area (Å²) in [6.07, 6.45) is 1.15. The minimum absolute atomic E-state index is 0.0173. The van der Waals surface area contributed by atoms with Crippen LogP contribution in [0.25, 0.3) is 0 Å². The highest BCUT2D eigenvalue weighted by Crippen LogP contribution is 2.22. The molecule has 0 saturated heterocycles. The average molecular weight is 501 g/mol. The van der Waals surface area contributed by atoms with E-state index in [2.05, 4.69) is 24.4 Å². The van der Waals surface area contributed by atoms with E-state index in [-0.39, 0.29) is 22.3 Å². The van der Waals surface area contributed by atoms with Crippen molar-refractivity contribution in [2.75, 3.05) is 6.54 Å². The first-order chi connectivity index (χ1) is 16.5. The fourth-order valence-corrected chi connectivity index (χ4v) is 3.71. The van der Waals surface area contributed by atoms with Gasteiger partial charge in [0.15, 0.2) is 0 Å². The molecule has 0 aromatic heterocycles. The van der Waals surface area contributed by atoms with Gasteiger partial charge >= 0.3 is 0 Å². The monoisotopic (exact) mass is 500 g/mol. The first-order valence-electron chi connectivity index (χ1n) is 11.1. The number of aromatic hydroxyl groups is 1. The van der Waals surface area contributed by atoms with Gasteiger partial charge in [-0.1, -0.05) is 54.1 Å². The summed E-state index contributed by atoms with van der Waals surface area (Å²) in [6, 6.07) is 20.9. The number of hydrogen-bond donors (Lipinski definition) is 5. The van der Waals surface area contributed by atoms with Gasteiger partial charge in [-0.15, -0.1) is 0 Å². The number of primary amides is 1. The number of nitrogens with one attached hydrogen (secondary N) is 1. The van der Waals surface area contributed by atoms with E-state index in [1.807, 2.05) is 25.1 Å². The predicted octanol–water partition coefficient (Wildman–Crippen LogP) is 3.38. The maximum absolute atomic E-state index is 11.2. The summed E-state index contributed by atoms with van der Waals surface area (Å²) in [5.41, 5.74) is 8.01. The van der Waals surface area contributed by atoms with E-state index < -0.39 is 22.1 Å². The van der Waals surface area contributed by atoms with E-state index >= 15 is 0 Å². The van der Waals surface area contributed by atoms with Crippen LogP contribution in [0.3, 0.4) is 0 Å². The van der Waals surface area contributed by atoms with Gasteiger partial charge in [-0.05, 0) is 62.1 Å². The zero-order valence-corrected chi connectivity index (χ0v) is 20.6. The molecule has 6 N–H and O–H groups in total. The fourth-order valence-electron chi connectivity index (χ4n) is 3.23. The first-order valence-corrected chi connectivity index (χ1v) is 12.5. The molecule has 0 aliphatic rings. The average Bonchev–Trinajstić information content (AvgIpc) is 2.82. The number of amides is 1. The molecule has 188 valence electrons. The van der Waals surface area contributed by atoms with E-state index in [0.29, 0.717) is 12.1 Å². The second kappa shape index (κ2) is 13.0. The Morgan fingerprint density at radius 1 is 1.03 bits per heavy atom. The molecule has 35 heavy (non-hydrogen) atoms. The van der Waals surface area contributed by atoms with Gasteiger partial charge in [0.25, 0.3) is 16.0 Å². The van der Waals surface area contributed by atoms with Crippen LogP contribution in [0.1, 0.15) is 46.5 Å². The molecular formula is C26H32N2O6S. The van der Waals surface area contributed by atoms with Gasteiger partial charge in [0.2, 0.25) is 0 Å². The molecule has 9 heteroatoms. The molecule has 0 bridgehead atoms. The van der Waals surface area contributed by atoms with Crippen LogP contribution in [0.4, 0.5) is 0 Å². The van der Waals surface area contributed by atoms with Crippen LogP contribution in [-0.2, 0) is 16.5 Å². The Morgan fingerprint density at radius 2 is 1.66 bits per heavy atom. The van der Waals surface area contributed by atoms with Crippen molar-refractivity contribution in [3.05, 3.63) is 95.1 Å². The molecule has 0 aliphatic carbocycles. The number of nitrogens with two attached hydrogens (primary N) is 1. The van der Waals surface area contributed by atoms with Crippen LogP contribution in [0, 0.1) is 6.92 Å². The second-order valence-electron chi connectivity index (χ2n) is 8.28. The summed E-state index contributed by atoms with van der Waals surface area (Å²) in [4.78, 5) is 11.2. The Morgan fingerprint density at radius 3 is 2.23 bits per heavy atom. The standard InChI is InChI=1S/C19H24N2O3.C7H8O3S/c1-13(7-8-14-5-3-2-4-6-14)21-12-18(23)15-9-10-17(22)16(11-15)19(20)24;1-6-2-4-7(5-3-6)11(8,9)10/h2-6,9-11,13,18,21-23H,7-8,12H2,1H3,(H2,20,24);2-5H,1H3,(H,8,9,10). The lowest BCUT2D eigenvalue weighted by Crippen LogP contribution is -2.31. The fraction of sp³-hybridized carbons (Fsp3) is 0.269. The Bertz CT molecular complexity index is 1200. The molecule has 0 fully saturated rings. The number of rotatable bonds is 9. The number of carbonyl (C=O) groups is 1. The van der Waals surface area contributed by atoms with Crippen LogP contribution >= 0.6 is 0 Å². The minimum atomic E-state index is -4.02. The summed E-state index contributed by atoms with van der Waals surface area (Å²) in [6.45, 7) is 4.27. The van der Waals surface area contributed by atoms with Gasteiger partial charge in [-0.3, -0.25) is 9.35 Å². The summed E-state index contributed by atoms with van der Waals surface area (Å²) in [5.74, 6) is -0.895. The number of hydrogen-bond acceptors (Lipinski definition) is 6. The molecule has 3 rings (SSSR count). The van der Waals surface area contributed by atoms with Crippen LogP contribution in [-0.4, -0.2) is 41.7 Å². The molecule has 3 aromatic carbocycles. The number of aliphatic hydroxyl groups excluding tert-OH is 1. The molecule has 0 saturated carbocycles. The summed E-state index contributed by atoms with van der Waals surface area (Å²) in [5, 5.41) is 23.1. The highest BCUT2D eigenvalue weighted by molar-refractivity contribution is 7.85. The lowest BCUT2D eigenvalue weighted by atomic mass is 10.0. The topological polar surface area (TPSA) is 150 Å². The molecule has 3 aromatic rings. The quantitative estimate of drug-likeness (QED) is 0.283. The maximum atomic E-state index is 11.2. The zero-order valence-electron chi connectivity index (χ0n) is 19.8. The largest absolute Gasteiger partial charge is 0.507 e. The van der Waals surface area contributed by atoms with Crippen molar-refractivity contribution in [3.8, 4) is 5.75 Å². The molecule has 1 amide bonds. The van der Waals surface area contributed by atoms with Gasteiger partial charge in [0, 0.05) is 12.6 Å². The van der Waals surface area contributed by atoms with Gasteiger partial charge in [-0.2, -0.15) is 8.42 Å². The number of aliphatic hydroxyl groups is 1. The summed E-state index contributed by atoms with van der Waals surface area (Å²) >= 11 is 0. The van der Waals surface area contributed by atoms with E-state index in [9.17, 15) is 23.4 Å². The molecular weight excluding hydrogens is 468 g/mol. The number of phenols is 1. The van der Waals surface area contributed by atoms with Crippen molar-refractivity contribution in [3.63, 3.8) is 0 Å². The Kier molecular flexibility index (Phi) is 10.4. The lowest BCUT2D eigenvalue weighted by Gasteiger charge is -2.18. The molecule has 0 aliphatic heterocycles. The third-order valence-electron chi connectivity index (χ3n) is 5.36. The van der Waals surface area contributed by atoms with Crippen LogP contribution in [0.15, 0.2) is 77.7 Å². The molecule has 2 unspecified atom stereocenters. The second-order valence-corrected chi connectivity index (χ2v) is 9.70. The van der Waals surface area contributed by atoms with Crippen molar-refractivity contribution in [2.24, 2.45) is 5.73 Å². The first kappa shape index (κ1) is 28.0. The predicted molar refractivity (Wildman–Crippen MR) is 135 cm³/mol. The Labute approximate surface area is 206 Å². The van der Waals surface area contributed by atoms with Crippen LogP contribution in [0.2, 0.25) is 0 Å². The van der Waals surface area contributed by atoms with Gasteiger partial charge < -0.3 is 21.3 Å². The maximum Gasteiger partial charge on any atom is 0.294 e. The number of aryl methyl sites for hydroxylation is 2. The zero-order chi connectivity index (χ0) is 26.0. The third-order valence-corrected chi connectivity index (χ3v) is 6.23. The van der Waals surface area contributed by atoms with Gasteiger partial charge in [0.1, 0.15) is 5.75 Å². The Hall–Kier alpha value is -3.24. The molecule has 8 nitrogen and oxygen atoms in total. The van der Waals surface area contributed by atoms with Crippen LogP contribution < -0.4 is 11.1 Å². The van der Waals surface area contributed by atoms with Crippen LogP contribution in [0.5, 0.6) is 5.75 Å². The molecule has 0 radical (unpaired) electrons. The normalized spacial score (nSPS) is 12.8. The van der Waals surface area contributed by atoms with E-state index in [1.54, 1.807) is 18.2 Å². The highest BCUT2D eigenvalue weighted by Gasteiger charge is 2.14. The van der Waals surface area contributed by atoms with Gasteiger partial charge in [0.05, 0.1) is 16.6 Å².